The fourth-order valence-corrected chi connectivity index (χ4v) is 1.66. The topological polar surface area (TPSA) is 77.8 Å². The second kappa shape index (κ2) is 6.11. The zero-order valence-electron chi connectivity index (χ0n) is 9.84. The lowest BCUT2D eigenvalue weighted by atomic mass is 10.0. The molecule has 0 heterocycles. The quantitative estimate of drug-likeness (QED) is 0.802. The van der Waals surface area contributed by atoms with E-state index in [-0.39, 0.29) is 18.5 Å². The first kappa shape index (κ1) is 14.1. The predicted octanol–water partition coefficient (Wildman–Crippen LogP) is 1.36. The highest BCUT2D eigenvalue weighted by Crippen LogP contribution is 2.22. The summed E-state index contributed by atoms with van der Waals surface area (Å²) in [5.74, 6) is -2.86. The van der Waals surface area contributed by atoms with E-state index in [0.717, 1.165) is 0 Å². The van der Waals surface area contributed by atoms with Gasteiger partial charge < -0.3 is 10.2 Å². The van der Waals surface area contributed by atoms with Crippen LogP contribution in [0.4, 0.5) is 4.39 Å². The predicted molar refractivity (Wildman–Crippen MR) is 61.7 cm³/mol. The van der Waals surface area contributed by atoms with E-state index < -0.39 is 23.8 Å². The van der Waals surface area contributed by atoms with Gasteiger partial charge in [-0.25, -0.2) is 4.39 Å². The SMILES string of the molecule is CN(CCC(=O)O)C(C(=O)O)c1ccccc1F. The number of rotatable bonds is 6. The van der Waals surface area contributed by atoms with Gasteiger partial charge in [0.1, 0.15) is 11.9 Å². The van der Waals surface area contributed by atoms with Crippen molar-refractivity contribution in [3.8, 4) is 0 Å². The summed E-state index contributed by atoms with van der Waals surface area (Å²) in [5.41, 5.74) is 0.0258. The first-order chi connectivity index (χ1) is 8.43. The standard InChI is InChI=1S/C12H14FNO4/c1-14(7-6-10(15)16)11(12(17)18)8-4-2-3-5-9(8)13/h2-5,11H,6-7H2,1H3,(H,15,16)(H,17,18). The molecule has 6 heteroatoms. The van der Waals surface area contributed by atoms with Crippen LogP contribution in [0.5, 0.6) is 0 Å². The summed E-state index contributed by atoms with van der Waals surface area (Å²) in [6.07, 6.45) is -0.200. The number of benzene rings is 1. The summed E-state index contributed by atoms with van der Waals surface area (Å²) in [6.45, 7) is 0.0284. The molecule has 5 nitrogen and oxygen atoms in total. The molecule has 1 aromatic rings. The third-order valence-electron chi connectivity index (χ3n) is 2.55. The van der Waals surface area contributed by atoms with E-state index in [1.807, 2.05) is 0 Å². The lowest BCUT2D eigenvalue weighted by Gasteiger charge is -2.24. The Morgan fingerprint density at radius 2 is 1.94 bits per heavy atom. The van der Waals surface area contributed by atoms with Crippen LogP contribution < -0.4 is 0 Å². The molecule has 0 radical (unpaired) electrons. The van der Waals surface area contributed by atoms with E-state index in [1.54, 1.807) is 6.07 Å². The van der Waals surface area contributed by atoms with Crippen LogP contribution in [0.2, 0.25) is 0 Å². The molecule has 0 spiro atoms. The summed E-state index contributed by atoms with van der Waals surface area (Å²) in [5, 5.41) is 17.7. The van der Waals surface area contributed by atoms with E-state index in [9.17, 15) is 14.0 Å². The van der Waals surface area contributed by atoms with Gasteiger partial charge in [0.25, 0.3) is 0 Å². The van der Waals surface area contributed by atoms with Crippen LogP contribution in [0.3, 0.4) is 0 Å². The third-order valence-corrected chi connectivity index (χ3v) is 2.55. The van der Waals surface area contributed by atoms with Crippen LogP contribution in [-0.4, -0.2) is 40.6 Å². The van der Waals surface area contributed by atoms with Crippen LogP contribution in [0.1, 0.15) is 18.0 Å². The normalized spacial score (nSPS) is 12.4. The van der Waals surface area contributed by atoms with Gasteiger partial charge in [-0.3, -0.25) is 14.5 Å². The van der Waals surface area contributed by atoms with Crippen molar-refractivity contribution in [2.45, 2.75) is 12.5 Å². The molecule has 0 aliphatic heterocycles. The molecule has 2 N–H and O–H groups in total. The smallest absolute Gasteiger partial charge is 0.325 e. The molecule has 1 unspecified atom stereocenters. The van der Waals surface area contributed by atoms with Crippen LogP contribution >= 0.6 is 0 Å². The fraction of sp³-hybridized carbons (Fsp3) is 0.333. The maximum absolute atomic E-state index is 13.6. The van der Waals surface area contributed by atoms with E-state index in [4.69, 9.17) is 10.2 Å². The minimum atomic E-state index is -1.21. The molecule has 1 atom stereocenters. The molecular weight excluding hydrogens is 241 g/mol. The maximum Gasteiger partial charge on any atom is 0.325 e. The number of nitrogens with zero attached hydrogens (tertiary/aromatic N) is 1. The number of halogens is 1. The van der Waals surface area contributed by atoms with Gasteiger partial charge in [-0.15, -0.1) is 0 Å². The molecule has 0 saturated carbocycles. The summed E-state index contributed by atoms with van der Waals surface area (Å²) in [6, 6.07) is 4.38. The third kappa shape index (κ3) is 3.53. The first-order valence-corrected chi connectivity index (χ1v) is 5.32. The molecule has 98 valence electrons. The Hall–Kier alpha value is -1.95. The number of carboxylic acids is 2. The van der Waals surface area contributed by atoms with Crippen molar-refractivity contribution >= 4 is 11.9 Å². The molecule has 1 aromatic carbocycles. The lowest BCUT2D eigenvalue weighted by molar-refractivity contribution is -0.144. The zero-order chi connectivity index (χ0) is 13.7. The van der Waals surface area contributed by atoms with Crippen LogP contribution in [0.25, 0.3) is 0 Å². The van der Waals surface area contributed by atoms with Gasteiger partial charge >= 0.3 is 11.9 Å². The molecule has 0 bridgehead atoms. The van der Waals surface area contributed by atoms with E-state index in [1.165, 1.54) is 30.1 Å². The number of carboxylic acid groups (broad SMARTS) is 2. The van der Waals surface area contributed by atoms with Gasteiger partial charge in [0.15, 0.2) is 0 Å². The highest BCUT2D eigenvalue weighted by Gasteiger charge is 2.27. The highest BCUT2D eigenvalue weighted by molar-refractivity contribution is 5.75. The van der Waals surface area contributed by atoms with Gasteiger partial charge in [0.2, 0.25) is 0 Å². The van der Waals surface area contributed by atoms with Crippen molar-refractivity contribution < 1.29 is 24.2 Å². The lowest BCUT2D eigenvalue weighted by Crippen LogP contribution is -2.33. The molecule has 0 amide bonds. The van der Waals surface area contributed by atoms with Crippen molar-refractivity contribution in [3.05, 3.63) is 35.6 Å². The second-order valence-corrected chi connectivity index (χ2v) is 3.89. The summed E-state index contributed by atoms with van der Waals surface area (Å²) in [4.78, 5) is 22.9. The number of hydrogen-bond donors (Lipinski definition) is 2. The largest absolute Gasteiger partial charge is 0.481 e. The van der Waals surface area contributed by atoms with Crippen LogP contribution in [-0.2, 0) is 9.59 Å². The molecule has 0 aliphatic rings. The molecule has 18 heavy (non-hydrogen) atoms. The van der Waals surface area contributed by atoms with Gasteiger partial charge in [0.05, 0.1) is 6.42 Å². The average Bonchev–Trinajstić information content (AvgIpc) is 2.29. The van der Waals surface area contributed by atoms with Crippen molar-refractivity contribution in [2.75, 3.05) is 13.6 Å². The summed E-state index contributed by atoms with van der Waals surface area (Å²) in [7, 11) is 1.45. The monoisotopic (exact) mass is 255 g/mol. The van der Waals surface area contributed by atoms with Crippen molar-refractivity contribution in [1.29, 1.82) is 0 Å². The molecule has 0 aromatic heterocycles. The maximum atomic E-state index is 13.6. The van der Waals surface area contributed by atoms with E-state index in [2.05, 4.69) is 0 Å². The van der Waals surface area contributed by atoms with Gasteiger partial charge in [-0.2, -0.15) is 0 Å². The Morgan fingerprint density at radius 1 is 1.33 bits per heavy atom. The molecule has 1 rings (SSSR count). The second-order valence-electron chi connectivity index (χ2n) is 3.89. The minimum absolute atomic E-state index is 0.0258. The molecule has 0 fully saturated rings. The van der Waals surface area contributed by atoms with Crippen LogP contribution in [0, 0.1) is 5.82 Å². The number of hydrogen-bond acceptors (Lipinski definition) is 3. The Kier molecular flexibility index (Phi) is 4.79. The summed E-state index contributed by atoms with van der Waals surface area (Å²) >= 11 is 0. The first-order valence-electron chi connectivity index (χ1n) is 5.32. The molecular formula is C12H14FNO4. The Balaban J connectivity index is 2.93. The number of carbonyl (C=O) groups is 2. The Labute approximate surface area is 103 Å². The molecule has 0 saturated heterocycles. The van der Waals surface area contributed by atoms with Crippen molar-refractivity contribution in [2.24, 2.45) is 0 Å². The average molecular weight is 255 g/mol. The Morgan fingerprint density at radius 3 is 2.44 bits per heavy atom. The van der Waals surface area contributed by atoms with E-state index >= 15 is 0 Å². The molecule has 0 aliphatic carbocycles. The van der Waals surface area contributed by atoms with Crippen molar-refractivity contribution in [1.82, 2.24) is 4.90 Å². The van der Waals surface area contributed by atoms with E-state index in [0.29, 0.717) is 0 Å². The number of likely N-dealkylation sites (N-methyl/N-ethyl adjacent to an activating group) is 1. The van der Waals surface area contributed by atoms with Gasteiger partial charge in [0, 0.05) is 12.1 Å². The Bertz CT molecular complexity index is 449. The van der Waals surface area contributed by atoms with Crippen LogP contribution in [0.15, 0.2) is 24.3 Å². The summed E-state index contributed by atoms with van der Waals surface area (Å²) < 4.78 is 13.6. The van der Waals surface area contributed by atoms with Gasteiger partial charge in [-0.1, -0.05) is 18.2 Å². The zero-order valence-corrected chi connectivity index (χ0v) is 9.84. The highest BCUT2D eigenvalue weighted by atomic mass is 19.1. The van der Waals surface area contributed by atoms with Gasteiger partial charge in [-0.05, 0) is 13.1 Å². The van der Waals surface area contributed by atoms with Crippen molar-refractivity contribution in [3.63, 3.8) is 0 Å². The minimum Gasteiger partial charge on any atom is -0.481 e. The number of aliphatic carboxylic acids is 2. The fourth-order valence-electron chi connectivity index (χ4n) is 1.66.